The molecule has 10 heteroatoms. The van der Waals surface area contributed by atoms with Gasteiger partial charge in [-0.05, 0) is 18.9 Å². The van der Waals surface area contributed by atoms with Crippen molar-refractivity contribution in [2.75, 3.05) is 36.9 Å². The molecule has 1 aliphatic rings. The van der Waals surface area contributed by atoms with E-state index in [4.69, 9.17) is 19.6 Å². The Hall–Kier alpha value is -3.38. The fraction of sp³-hybridized carbons (Fsp3) is 0.389. The minimum atomic E-state index is 0.250. The zero-order valence-electron chi connectivity index (χ0n) is 15.4. The molecule has 1 fully saturated rings. The van der Waals surface area contributed by atoms with Crippen LogP contribution in [-0.2, 0) is 14.3 Å². The van der Waals surface area contributed by atoms with Gasteiger partial charge in [-0.1, -0.05) is 0 Å². The van der Waals surface area contributed by atoms with Gasteiger partial charge in [0.2, 0.25) is 0 Å². The maximum Gasteiger partial charge on any atom is 0.373 e. The zero-order chi connectivity index (χ0) is 20.2. The highest BCUT2D eigenvalue weighted by Gasteiger charge is 2.12. The number of rotatable bonds is 6. The molecule has 0 amide bonds. The summed E-state index contributed by atoms with van der Waals surface area (Å²) in [5.74, 6) is 1.21. The Bertz CT molecular complexity index is 824. The van der Waals surface area contributed by atoms with Crippen LogP contribution in [0.4, 0.5) is 17.3 Å². The summed E-state index contributed by atoms with van der Waals surface area (Å²) in [6.45, 7) is 5.45. The van der Waals surface area contributed by atoms with Crippen molar-refractivity contribution in [3.63, 3.8) is 0 Å². The van der Waals surface area contributed by atoms with Crippen LogP contribution < -0.4 is 16.0 Å². The molecule has 2 aromatic heterocycles. The molecular weight excluding hydrogens is 362 g/mol. The first-order chi connectivity index (χ1) is 13.7. The molecule has 0 unspecified atom stereocenters. The summed E-state index contributed by atoms with van der Waals surface area (Å²) in [6.07, 6.45) is 6.20. The van der Waals surface area contributed by atoms with Crippen molar-refractivity contribution in [1.82, 2.24) is 20.3 Å². The van der Waals surface area contributed by atoms with Gasteiger partial charge >= 0.3 is 6.15 Å². The van der Waals surface area contributed by atoms with Gasteiger partial charge in [0.05, 0.1) is 25.1 Å². The number of aryl methyl sites for hydroxylation is 1. The second-order valence-electron chi connectivity index (χ2n) is 5.90. The average molecular weight is 383 g/mol. The van der Waals surface area contributed by atoms with Crippen LogP contribution in [0.15, 0.2) is 24.7 Å². The summed E-state index contributed by atoms with van der Waals surface area (Å²) in [5, 5.41) is 18.6. The quantitative estimate of drug-likeness (QED) is 0.661. The smallest absolute Gasteiger partial charge is 0.373 e. The molecule has 28 heavy (non-hydrogen) atoms. The van der Waals surface area contributed by atoms with E-state index in [1.165, 1.54) is 12.4 Å². The molecule has 0 radical (unpaired) electrons. The Morgan fingerprint density at radius 1 is 1.25 bits per heavy atom. The summed E-state index contributed by atoms with van der Waals surface area (Å²) < 4.78 is 5.70. The highest BCUT2D eigenvalue weighted by atomic mass is 16.5. The lowest BCUT2D eigenvalue weighted by Gasteiger charge is -2.24. The fourth-order valence-corrected chi connectivity index (χ4v) is 2.54. The van der Waals surface area contributed by atoms with E-state index in [1.54, 1.807) is 6.20 Å². The first-order valence-electron chi connectivity index (χ1n) is 8.67. The molecule has 2 aromatic rings. The third kappa shape index (κ3) is 6.74. The van der Waals surface area contributed by atoms with Crippen LogP contribution in [-0.4, -0.2) is 53.4 Å². The topological polar surface area (TPSA) is 142 Å². The minimum absolute atomic E-state index is 0.250. The molecule has 0 aromatic carbocycles. The molecule has 0 saturated carbocycles. The van der Waals surface area contributed by atoms with E-state index in [2.05, 4.69) is 30.9 Å². The van der Waals surface area contributed by atoms with Crippen LogP contribution in [0.1, 0.15) is 17.7 Å². The van der Waals surface area contributed by atoms with Crippen LogP contribution in [0.3, 0.4) is 0 Å². The van der Waals surface area contributed by atoms with Crippen molar-refractivity contribution >= 4 is 23.5 Å². The molecule has 1 atom stereocenters. The molecule has 3 N–H and O–H groups in total. The SMILES string of the molecule is Cc1cnc(Nc2cnc(C#N)cn2)cc1NCC[C@H]1CNCCO1.O=C=O. The van der Waals surface area contributed by atoms with Gasteiger partial charge in [0.25, 0.3) is 0 Å². The van der Waals surface area contributed by atoms with Gasteiger partial charge in [0.15, 0.2) is 5.69 Å². The lowest BCUT2D eigenvalue weighted by atomic mass is 10.2. The van der Waals surface area contributed by atoms with Crippen molar-refractivity contribution in [3.05, 3.63) is 35.9 Å². The largest absolute Gasteiger partial charge is 0.385 e. The van der Waals surface area contributed by atoms with Gasteiger partial charge in [-0.3, -0.25) is 0 Å². The third-order valence-corrected chi connectivity index (χ3v) is 3.91. The second kappa shape index (κ2) is 11.4. The number of nitrogens with zero attached hydrogens (tertiary/aromatic N) is 4. The maximum atomic E-state index is 8.76. The van der Waals surface area contributed by atoms with Crippen LogP contribution in [0, 0.1) is 18.3 Å². The lowest BCUT2D eigenvalue weighted by molar-refractivity contribution is -0.191. The first-order valence-corrected chi connectivity index (χ1v) is 8.67. The summed E-state index contributed by atoms with van der Waals surface area (Å²) in [7, 11) is 0. The van der Waals surface area contributed by atoms with Gasteiger partial charge in [0.1, 0.15) is 17.7 Å². The molecule has 3 rings (SSSR count). The number of anilines is 3. The number of aromatic nitrogens is 3. The standard InChI is InChI=1S/C17H21N7O.CO2/c1-12-8-22-16(24-17-11-21-13(7-18)9-23-17)6-15(12)20-3-2-14-10-19-4-5-25-14;2-1-3/h6,8-9,11,14,19H,2-5,10H2,1H3,(H2,20,22,23,24);/t14-;/m0./s1. The van der Waals surface area contributed by atoms with Crippen molar-refractivity contribution in [2.24, 2.45) is 0 Å². The highest BCUT2D eigenvalue weighted by molar-refractivity contribution is 5.60. The number of carbonyl (C=O) groups excluding carboxylic acids is 2. The average Bonchev–Trinajstić information content (AvgIpc) is 2.72. The summed E-state index contributed by atoms with van der Waals surface area (Å²) in [5.41, 5.74) is 2.37. The Morgan fingerprint density at radius 3 is 2.68 bits per heavy atom. The Morgan fingerprint density at radius 2 is 2.04 bits per heavy atom. The maximum absolute atomic E-state index is 8.76. The molecule has 0 aliphatic carbocycles. The summed E-state index contributed by atoms with van der Waals surface area (Å²) >= 11 is 0. The summed E-state index contributed by atoms with van der Waals surface area (Å²) in [6, 6.07) is 3.88. The van der Waals surface area contributed by atoms with E-state index in [1.807, 2.05) is 19.1 Å². The number of ether oxygens (including phenoxy) is 1. The van der Waals surface area contributed by atoms with E-state index in [0.717, 1.165) is 43.9 Å². The second-order valence-corrected chi connectivity index (χ2v) is 5.90. The highest BCUT2D eigenvalue weighted by Crippen LogP contribution is 2.20. The van der Waals surface area contributed by atoms with E-state index in [0.29, 0.717) is 11.6 Å². The molecule has 10 nitrogen and oxygen atoms in total. The van der Waals surface area contributed by atoms with Crippen LogP contribution >= 0.6 is 0 Å². The van der Waals surface area contributed by atoms with Gasteiger partial charge in [-0.15, -0.1) is 0 Å². The van der Waals surface area contributed by atoms with Crippen LogP contribution in [0.25, 0.3) is 0 Å². The van der Waals surface area contributed by atoms with Crippen molar-refractivity contribution in [2.45, 2.75) is 19.4 Å². The van der Waals surface area contributed by atoms with Crippen LogP contribution in [0.2, 0.25) is 0 Å². The number of nitrogens with one attached hydrogen (secondary N) is 3. The Labute approximate surface area is 162 Å². The third-order valence-electron chi connectivity index (χ3n) is 3.91. The van der Waals surface area contributed by atoms with E-state index >= 15 is 0 Å². The minimum Gasteiger partial charge on any atom is -0.385 e. The molecule has 1 aliphatic heterocycles. The number of morpholine rings is 1. The molecule has 146 valence electrons. The Balaban J connectivity index is 0.000000878. The van der Waals surface area contributed by atoms with Gasteiger partial charge in [-0.2, -0.15) is 14.9 Å². The number of nitriles is 1. The predicted molar refractivity (Wildman–Crippen MR) is 99.7 cm³/mol. The predicted octanol–water partition coefficient (Wildman–Crippen LogP) is 1.00. The van der Waals surface area contributed by atoms with Crippen LogP contribution in [0.5, 0.6) is 0 Å². The van der Waals surface area contributed by atoms with Crippen molar-refractivity contribution in [1.29, 1.82) is 5.26 Å². The molecule has 3 heterocycles. The van der Waals surface area contributed by atoms with Gasteiger partial charge < -0.3 is 20.7 Å². The molecule has 1 saturated heterocycles. The normalized spacial score (nSPS) is 15.4. The van der Waals surface area contributed by atoms with Crippen molar-refractivity contribution < 1.29 is 14.3 Å². The number of hydrogen-bond acceptors (Lipinski definition) is 10. The Kier molecular flexibility index (Phi) is 8.49. The number of pyridine rings is 1. The molecule has 0 spiro atoms. The fourth-order valence-electron chi connectivity index (χ4n) is 2.54. The molecule has 0 bridgehead atoms. The molecular formula is C18H21N7O3. The van der Waals surface area contributed by atoms with Gasteiger partial charge in [0, 0.05) is 37.6 Å². The lowest BCUT2D eigenvalue weighted by Crippen LogP contribution is -2.39. The zero-order valence-corrected chi connectivity index (χ0v) is 15.4. The van der Waals surface area contributed by atoms with Crippen molar-refractivity contribution in [3.8, 4) is 6.07 Å². The summed E-state index contributed by atoms with van der Waals surface area (Å²) in [4.78, 5) is 28.7. The first kappa shape index (κ1) is 20.9. The van der Waals surface area contributed by atoms with E-state index in [9.17, 15) is 0 Å². The van der Waals surface area contributed by atoms with E-state index in [-0.39, 0.29) is 17.9 Å². The van der Waals surface area contributed by atoms with E-state index < -0.39 is 0 Å². The monoisotopic (exact) mass is 383 g/mol. The number of hydrogen-bond donors (Lipinski definition) is 3. The van der Waals surface area contributed by atoms with Gasteiger partial charge in [-0.25, -0.2) is 15.0 Å².